The van der Waals surface area contributed by atoms with Crippen LogP contribution in [-0.2, 0) is 4.74 Å². The number of H-pyrrole nitrogens is 1. The quantitative estimate of drug-likeness (QED) is 0.664. The Kier molecular flexibility index (Phi) is 3.90. The van der Waals surface area contributed by atoms with Gasteiger partial charge in [0.1, 0.15) is 5.82 Å². The molecule has 0 aromatic carbocycles. The van der Waals surface area contributed by atoms with Crippen LogP contribution < -0.4 is 10.6 Å². The molecule has 154 valence electrons. The Morgan fingerprint density at radius 2 is 2.07 bits per heavy atom. The zero-order chi connectivity index (χ0) is 19.5. The summed E-state index contributed by atoms with van der Waals surface area (Å²) >= 11 is 0. The van der Waals surface area contributed by atoms with Crippen LogP contribution in [0.2, 0.25) is 0 Å². The normalized spacial score (nSPS) is 25.1. The van der Waals surface area contributed by atoms with Crippen molar-refractivity contribution in [3.63, 3.8) is 0 Å². The molecule has 2 saturated carbocycles. The van der Waals surface area contributed by atoms with Crippen LogP contribution in [-0.4, -0.2) is 64.0 Å². The fourth-order valence-corrected chi connectivity index (χ4v) is 5.26. The summed E-state index contributed by atoms with van der Waals surface area (Å²) in [6, 6.07) is 4.44. The minimum absolute atomic E-state index is 0.387. The molecule has 29 heavy (non-hydrogen) atoms. The maximum absolute atomic E-state index is 5.38. The zero-order valence-electron chi connectivity index (χ0n) is 16.9. The number of hydrogen-bond donors (Lipinski definition) is 3. The van der Waals surface area contributed by atoms with E-state index in [2.05, 4.69) is 48.7 Å². The molecule has 6 rings (SSSR count). The van der Waals surface area contributed by atoms with Crippen molar-refractivity contribution >= 4 is 17.6 Å². The monoisotopic (exact) mass is 395 g/mol. The molecule has 4 heterocycles. The molecule has 0 radical (unpaired) electrons. The lowest BCUT2D eigenvalue weighted by Gasteiger charge is -2.61. The summed E-state index contributed by atoms with van der Waals surface area (Å²) in [6.45, 7) is 7.81. The molecule has 3 N–H and O–H groups in total. The molecule has 0 atom stereocenters. The van der Waals surface area contributed by atoms with Crippen LogP contribution >= 0.6 is 0 Å². The molecule has 4 fully saturated rings. The smallest absolute Gasteiger partial charge is 0.224 e. The van der Waals surface area contributed by atoms with Crippen molar-refractivity contribution in [2.75, 3.05) is 43.5 Å². The summed E-state index contributed by atoms with van der Waals surface area (Å²) in [5.41, 5.74) is 2.12. The first-order valence-electron chi connectivity index (χ1n) is 10.8. The Hall–Kier alpha value is -2.19. The van der Waals surface area contributed by atoms with E-state index in [1.165, 1.54) is 51.0 Å². The Morgan fingerprint density at radius 1 is 1.24 bits per heavy atom. The third kappa shape index (κ3) is 3.48. The van der Waals surface area contributed by atoms with Crippen molar-refractivity contribution in [3.8, 4) is 0 Å². The van der Waals surface area contributed by atoms with Crippen LogP contribution in [0.15, 0.2) is 18.3 Å². The van der Waals surface area contributed by atoms with Crippen LogP contribution in [0, 0.1) is 10.8 Å². The number of aromatic amines is 1. The number of likely N-dealkylation sites (tertiary alicyclic amines) is 1. The van der Waals surface area contributed by atoms with Gasteiger partial charge in [0.15, 0.2) is 5.82 Å². The fraction of sp³-hybridized carbons (Fsp3) is 0.667. The standard InChI is InChI=1S/C21H29N7O/c1-20(12-29-13-20)9-28-10-21(11-28)7-15(8-21)23-19-22-5-4-17(25-19)24-18-6-16(26-27-18)14-2-3-14/h4-6,14-15H,2-3,7-13H2,1H3,(H3,22,23,24,25,26,27). The minimum Gasteiger partial charge on any atom is -0.380 e. The second-order valence-electron chi connectivity index (χ2n) is 10.1. The molecular weight excluding hydrogens is 366 g/mol. The van der Waals surface area contributed by atoms with E-state index in [9.17, 15) is 0 Å². The largest absolute Gasteiger partial charge is 0.380 e. The summed E-state index contributed by atoms with van der Waals surface area (Å²) in [5.74, 6) is 2.96. The van der Waals surface area contributed by atoms with Gasteiger partial charge in [-0.2, -0.15) is 10.1 Å². The predicted octanol–water partition coefficient (Wildman–Crippen LogP) is 2.73. The van der Waals surface area contributed by atoms with Crippen molar-refractivity contribution in [2.24, 2.45) is 10.8 Å². The highest BCUT2D eigenvalue weighted by molar-refractivity contribution is 5.53. The molecule has 4 aliphatic rings. The molecule has 8 heteroatoms. The maximum atomic E-state index is 5.38. The summed E-state index contributed by atoms with van der Waals surface area (Å²) in [7, 11) is 0. The summed E-state index contributed by atoms with van der Waals surface area (Å²) in [5, 5.41) is 14.3. The second-order valence-corrected chi connectivity index (χ2v) is 10.1. The lowest BCUT2D eigenvalue weighted by Crippen LogP contribution is -2.67. The third-order valence-electron chi connectivity index (χ3n) is 6.84. The Bertz CT molecular complexity index is 890. The van der Waals surface area contributed by atoms with Crippen LogP contribution in [0.5, 0.6) is 0 Å². The van der Waals surface area contributed by atoms with Gasteiger partial charge in [-0.25, -0.2) is 4.98 Å². The highest BCUT2D eigenvalue weighted by Crippen LogP contribution is 2.50. The lowest BCUT2D eigenvalue weighted by atomic mass is 9.60. The van der Waals surface area contributed by atoms with Gasteiger partial charge < -0.3 is 20.3 Å². The molecule has 0 unspecified atom stereocenters. The topological polar surface area (TPSA) is 91.0 Å². The first-order valence-corrected chi connectivity index (χ1v) is 10.8. The van der Waals surface area contributed by atoms with E-state index in [4.69, 9.17) is 4.74 Å². The van der Waals surface area contributed by atoms with Crippen molar-refractivity contribution in [3.05, 3.63) is 24.0 Å². The fourth-order valence-electron chi connectivity index (χ4n) is 5.26. The van der Waals surface area contributed by atoms with Gasteiger partial charge in [-0.1, -0.05) is 6.92 Å². The molecule has 2 saturated heterocycles. The number of hydrogen-bond acceptors (Lipinski definition) is 7. The second kappa shape index (κ2) is 6.40. The summed E-state index contributed by atoms with van der Waals surface area (Å²) < 4.78 is 5.38. The van der Waals surface area contributed by atoms with Crippen molar-refractivity contribution in [1.29, 1.82) is 0 Å². The van der Waals surface area contributed by atoms with E-state index in [1.54, 1.807) is 6.20 Å². The molecule has 2 aliphatic heterocycles. The van der Waals surface area contributed by atoms with Gasteiger partial charge in [-0.15, -0.1) is 0 Å². The van der Waals surface area contributed by atoms with Crippen LogP contribution in [0.3, 0.4) is 0 Å². The maximum Gasteiger partial charge on any atom is 0.224 e. The highest BCUT2D eigenvalue weighted by Gasteiger charge is 2.53. The summed E-state index contributed by atoms with van der Waals surface area (Å²) in [6.07, 6.45) is 6.74. The van der Waals surface area contributed by atoms with Gasteiger partial charge in [-0.05, 0) is 37.2 Å². The number of aromatic nitrogens is 4. The van der Waals surface area contributed by atoms with Gasteiger partial charge in [0.05, 0.1) is 13.2 Å². The Morgan fingerprint density at radius 3 is 2.79 bits per heavy atom. The SMILES string of the molecule is CC1(CN2CC3(CC(Nc4nccc(Nc5cc(C6CC6)[nH]n5)n4)C3)C2)COC1. The Balaban J connectivity index is 0.996. The zero-order valence-corrected chi connectivity index (χ0v) is 16.9. The van der Waals surface area contributed by atoms with E-state index in [0.717, 1.165) is 24.8 Å². The first-order chi connectivity index (χ1) is 14.1. The molecule has 8 nitrogen and oxygen atoms in total. The highest BCUT2D eigenvalue weighted by atomic mass is 16.5. The Labute approximate surface area is 170 Å². The summed E-state index contributed by atoms with van der Waals surface area (Å²) in [4.78, 5) is 11.6. The average molecular weight is 396 g/mol. The molecule has 2 aromatic heterocycles. The van der Waals surface area contributed by atoms with Gasteiger partial charge in [0.2, 0.25) is 5.95 Å². The molecule has 1 spiro atoms. The molecular formula is C21H29N7O. The van der Waals surface area contributed by atoms with E-state index in [1.807, 2.05) is 6.07 Å². The minimum atomic E-state index is 0.387. The average Bonchev–Trinajstić information content (AvgIpc) is 3.37. The van der Waals surface area contributed by atoms with E-state index in [0.29, 0.717) is 28.7 Å². The predicted molar refractivity (Wildman–Crippen MR) is 110 cm³/mol. The number of rotatable bonds is 7. The third-order valence-corrected chi connectivity index (χ3v) is 6.84. The van der Waals surface area contributed by atoms with E-state index in [-0.39, 0.29) is 0 Å². The number of ether oxygens (including phenoxy) is 1. The molecule has 0 bridgehead atoms. The van der Waals surface area contributed by atoms with Crippen molar-refractivity contribution < 1.29 is 4.74 Å². The van der Waals surface area contributed by atoms with Crippen LogP contribution in [0.4, 0.5) is 17.6 Å². The van der Waals surface area contributed by atoms with E-state index < -0.39 is 0 Å². The number of nitrogens with one attached hydrogen (secondary N) is 3. The van der Waals surface area contributed by atoms with Gasteiger partial charge >= 0.3 is 0 Å². The molecule has 2 aliphatic carbocycles. The van der Waals surface area contributed by atoms with Crippen LogP contribution in [0.1, 0.15) is 44.2 Å². The van der Waals surface area contributed by atoms with Crippen molar-refractivity contribution in [2.45, 2.75) is 44.6 Å². The van der Waals surface area contributed by atoms with E-state index >= 15 is 0 Å². The number of nitrogens with zero attached hydrogens (tertiary/aromatic N) is 4. The van der Waals surface area contributed by atoms with Gasteiger partial charge in [0.25, 0.3) is 0 Å². The number of anilines is 3. The van der Waals surface area contributed by atoms with Crippen LogP contribution in [0.25, 0.3) is 0 Å². The van der Waals surface area contributed by atoms with Gasteiger partial charge in [-0.3, -0.25) is 5.10 Å². The van der Waals surface area contributed by atoms with Crippen molar-refractivity contribution in [1.82, 2.24) is 25.1 Å². The molecule has 2 aromatic rings. The van der Waals surface area contributed by atoms with Gasteiger partial charge in [0, 0.05) is 55.0 Å². The first kappa shape index (κ1) is 17.7. The lowest BCUT2D eigenvalue weighted by molar-refractivity contribution is -0.150. The molecule has 0 amide bonds.